The van der Waals surface area contributed by atoms with Gasteiger partial charge in [-0.25, -0.2) is 9.18 Å². The molecule has 1 heterocycles. The molecule has 32 heavy (non-hydrogen) atoms. The first kappa shape index (κ1) is 26.2. The Morgan fingerprint density at radius 3 is 1.88 bits per heavy atom. The first-order chi connectivity index (χ1) is 14.5. The molecule has 0 radical (unpaired) electrons. The van der Waals surface area contributed by atoms with Gasteiger partial charge in [-0.05, 0) is 18.2 Å². The number of benzene rings is 1. The van der Waals surface area contributed by atoms with Crippen molar-refractivity contribution in [1.29, 1.82) is 5.41 Å². The maximum Gasteiger partial charge on any atom is 0.435 e. The molecule has 0 spiro atoms. The number of rotatable bonds is 6. The van der Waals surface area contributed by atoms with Crippen molar-refractivity contribution >= 4 is 69.6 Å². The summed E-state index contributed by atoms with van der Waals surface area (Å²) in [7, 11) is 0. The van der Waals surface area contributed by atoms with E-state index in [1.807, 2.05) is 0 Å². The van der Waals surface area contributed by atoms with Crippen LogP contribution in [0, 0.1) is 5.41 Å². The standard InChI is InChI=1S/C17H8Cl3F7N2O2S/c18-9-1-7(15(21,16(22,23)24)17(25,26)27)2-10(19)12(9)29-5-6(4-28)11-3-8(14(30)31)13(20)32-11/h1-5,28-29H,(H,30,31)/b6-5+,28-4?. The number of alkyl halides is 7. The molecule has 2 aromatic rings. The van der Waals surface area contributed by atoms with Crippen LogP contribution < -0.4 is 5.32 Å². The van der Waals surface area contributed by atoms with E-state index in [4.69, 9.17) is 45.3 Å². The molecule has 0 saturated carbocycles. The Bertz CT molecular complexity index is 1060. The highest BCUT2D eigenvalue weighted by Crippen LogP contribution is 2.54. The monoisotopic (exact) mass is 542 g/mol. The summed E-state index contributed by atoms with van der Waals surface area (Å²) in [5.41, 5.74) is -8.21. The van der Waals surface area contributed by atoms with Crippen molar-refractivity contribution in [3.8, 4) is 0 Å². The highest BCUT2D eigenvalue weighted by atomic mass is 35.5. The second-order valence-corrected chi connectivity index (χ2v) is 8.43. The summed E-state index contributed by atoms with van der Waals surface area (Å²) in [6.07, 6.45) is -10.9. The zero-order valence-corrected chi connectivity index (χ0v) is 18.0. The SMILES string of the molecule is N=C/C(=C\Nc1c(Cl)cc(C(F)(C(F)(F)F)C(F)(F)F)cc1Cl)c1cc(C(=O)O)c(Cl)s1. The van der Waals surface area contributed by atoms with Crippen LogP contribution in [0.3, 0.4) is 0 Å². The smallest absolute Gasteiger partial charge is 0.435 e. The largest absolute Gasteiger partial charge is 0.478 e. The van der Waals surface area contributed by atoms with Crippen LogP contribution in [0.25, 0.3) is 5.57 Å². The van der Waals surface area contributed by atoms with Gasteiger partial charge in [-0.2, -0.15) is 26.3 Å². The lowest BCUT2D eigenvalue weighted by molar-refractivity contribution is -0.348. The van der Waals surface area contributed by atoms with Crippen molar-refractivity contribution in [2.75, 3.05) is 5.32 Å². The molecule has 0 bridgehead atoms. The Morgan fingerprint density at radius 1 is 1.00 bits per heavy atom. The van der Waals surface area contributed by atoms with Gasteiger partial charge in [0, 0.05) is 28.4 Å². The number of carboxylic acids is 1. The Kier molecular flexibility index (Phi) is 7.45. The van der Waals surface area contributed by atoms with Crippen LogP contribution in [0.4, 0.5) is 36.4 Å². The van der Waals surface area contributed by atoms with Crippen molar-refractivity contribution in [2.45, 2.75) is 18.0 Å². The number of aromatic carboxylic acids is 1. The topological polar surface area (TPSA) is 73.2 Å². The molecule has 0 unspecified atom stereocenters. The maximum absolute atomic E-state index is 14.2. The molecule has 0 aliphatic heterocycles. The third-order valence-corrected chi connectivity index (χ3v) is 5.95. The zero-order valence-electron chi connectivity index (χ0n) is 14.9. The van der Waals surface area contributed by atoms with E-state index in [1.54, 1.807) is 0 Å². The van der Waals surface area contributed by atoms with Crippen LogP contribution in [0.1, 0.15) is 20.8 Å². The fraction of sp³-hybridized carbons (Fsp3) is 0.176. The fourth-order valence-corrected chi connectivity index (χ4v) is 4.23. The summed E-state index contributed by atoms with van der Waals surface area (Å²) in [6.45, 7) is 0. The predicted molar refractivity (Wildman–Crippen MR) is 108 cm³/mol. The molecule has 0 atom stereocenters. The molecule has 4 nitrogen and oxygen atoms in total. The van der Waals surface area contributed by atoms with E-state index >= 15 is 0 Å². The molecule has 0 aliphatic carbocycles. The molecule has 2 rings (SSSR count). The normalized spacial score (nSPS) is 13.2. The molecule has 0 saturated heterocycles. The van der Waals surface area contributed by atoms with Gasteiger partial charge in [-0.3, -0.25) is 0 Å². The molecule has 0 aliphatic rings. The maximum atomic E-state index is 14.2. The van der Waals surface area contributed by atoms with Crippen molar-refractivity contribution in [1.82, 2.24) is 0 Å². The molecular formula is C17H8Cl3F7N2O2S. The van der Waals surface area contributed by atoms with Gasteiger partial charge in [-0.15, -0.1) is 11.3 Å². The zero-order chi connectivity index (χ0) is 24.6. The first-order valence-electron chi connectivity index (χ1n) is 7.86. The number of thiophene rings is 1. The minimum absolute atomic E-state index is 0.0195. The highest BCUT2D eigenvalue weighted by molar-refractivity contribution is 7.17. The van der Waals surface area contributed by atoms with Gasteiger partial charge in [0.2, 0.25) is 0 Å². The second kappa shape index (κ2) is 9.08. The predicted octanol–water partition coefficient (Wildman–Crippen LogP) is 7.80. The second-order valence-electron chi connectivity index (χ2n) is 5.96. The van der Waals surface area contributed by atoms with Gasteiger partial charge in [0.1, 0.15) is 4.34 Å². The van der Waals surface area contributed by atoms with E-state index in [0.29, 0.717) is 0 Å². The lowest BCUT2D eigenvalue weighted by atomic mass is 9.94. The first-order valence-corrected chi connectivity index (χ1v) is 9.81. The number of allylic oxidation sites excluding steroid dienone is 1. The lowest BCUT2D eigenvalue weighted by Gasteiger charge is -2.30. The van der Waals surface area contributed by atoms with Gasteiger partial charge < -0.3 is 15.8 Å². The van der Waals surface area contributed by atoms with Crippen molar-refractivity contribution < 1.29 is 40.6 Å². The van der Waals surface area contributed by atoms with E-state index in [0.717, 1.165) is 29.8 Å². The summed E-state index contributed by atoms with van der Waals surface area (Å²) in [5, 5.41) is 17.3. The minimum Gasteiger partial charge on any atom is -0.478 e. The molecule has 1 aromatic carbocycles. The minimum atomic E-state index is -6.35. The van der Waals surface area contributed by atoms with Crippen molar-refractivity contribution in [2.24, 2.45) is 0 Å². The van der Waals surface area contributed by atoms with Crippen LogP contribution in [0.2, 0.25) is 14.4 Å². The third kappa shape index (κ3) is 4.82. The van der Waals surface area contributed by atoms with E-state index < -0.39 is 39.6 Å². The van der Waals surface area contributed by atoms with Gasteiger partial charge in [0.25, 0.3) is 0 Å². The van der Waals surface area contributed by atoms with Crippen LogP contribution >= 0.6 is 46.1 Å². The number of hydrogen-bond donors (Lipinski definition) is 3. The van der Waals surface area contributed by atoms with E-state index in [2.05, 4.69) is 5.32 Å². The molecular weight excluding hydrogens is 536 g/mol. The summed E-state index contributed by atoms with van der Waals surface area (Å²) < 4.78 is 91.8. The number of nitrogens with one attached hydrogen (secondary N) is 2. The Morgan fingerprint density at radius 2 is 1.50 bits per heavy atom. The molecule has 0 amide bonds. The van der Waals surface area contributed by atoms with Gasteiger partial charge in [0.05, 0.1) is 21.3 Å². The Labute approximate surface area is 193 Å². The van der Waals surface area contributed by atoms with Gasteiger partial charge in [0.15, 0.2) is 0 Å². The molecule has 0 fully saturated rings. The summed E-state index contributed by atoms with van der Waals surface area (Å²) in [6, 6.07) is 1.39. The third-order valence-electron chi connectivity index (χ3n) is 3.95. The van der Waals surface area contributed by atoms with Crippen molar-refractivity contribution in [3.05, 3.63) is 54.8 Å². The van der Waals surface area contributed by atoms with Crippen LogP contribution in [-0.4, -0.2) is 29.6 Å². The fourth-order valence-electron chi connectivity index (χ4n) is 2.39. The van der Waals surface area contributed by atoms with Crippen LogP contribution in [-0.2, 0) is 5.67 Å². The number of hydrogen-bond acceptors (Lipinski definition) is 4. The highest BCUT2D eigenvalue weighted by Gasteiger charge is 2.73. The van der Waals surface area contributed by atoms with E-state index in [9.17, 15) is 35.5 Å². The molecule has 15 heteroatoms. The Hall–Kier alpha value is -2.02. The Balaban J connectivity index is 2.50. The quantitative estimate of drug-likeness (QED) is 0.257. The van der Waals surface area contributed by atoms with Crippen LogP contribution in [0.15, 0.2) is 24.4 Å². The van der Waals surface area contributed by atoms with E-state index in [1.165, 1.54) is 0 Å². The van der Waals surface area contributed by atoms with Gasteiger partial charge >= 0.3 is 24.0 Å². The van der Waals surface area contributed by atoms with Crippen molar-refractivity contribution in [3.63, 3.8) is 0 Å². The average Bonchev–Trinajstić information content (AvgIpc) is 3.03. The molecule has 1 aromatic heterocycles. The average molecular weight is 544 g/mol. The van der Waals surface area contributed by atoms with E-state index in [-0.39, 0.29) is 38.2 Å². The summed E-state index contributed by atoms with van der Waals surface area (Å²) in [4.78, 5) is 11.3. The summed E-state index contributed by atoms with van der Waals surface area (Å²) >= 11 is 18.1. The number of halogens is 10. The summed E-state index contributed by atoms with van der Waals surface area (Å²) in [5.74, 6) is -1.33. The number of anilines is 1. The number of carboxylic acid groups (broad SMARTS) is 1. The lowest BCUT2D eigenvalue weighted by Crippen LogP contribution is -2.50. The van der Waals surface area contributed by atoms with Crippen LogP contribution in [0.5, 0.6) is 0 Å². The van der Waals surface area contributed by atoms with Gasteiger partial charge in [-0.1, -0.05) is 34.8 Å². The molecule has 174 valence electrons. The number of carbonyl (C=O) groups is 1. The molecule has 3 N–H and O–H groups in total.